The van der Waals surface area contributed by atoms with Crippen molar-refractivity contribution in [1.82, 2.24) is 0 Å². The lowest BCUT2D eigenvalue weighted by molar-refractivity contribution is -0.280. The maximum Gasteiger partial charge on any atom is 0.303 e. The molecule has 0 N–H and O–H groups in total. The van der Waals surface area contributed by atoms with Crippen LogP contribution in [0.5, 0.6) is 5.75 Å². The normalized spacial score (nSPS) is 27.9. The van der Waals surface area contributed by atoms with Gasteiger partial charge in [0.25, 0.3) is 0 Å². The monoisotopic (exact) mass is 366 g/mol. The molecular formula is C18H22O8. The average Bonchev–Trinajstić information content (AvgIpc) is 2.54. The Kier molecular flexibility index (Phi) is 6.57. The minimum Gasteiger partial charge on any atom is -0.461 e. The fourth-order valence-corrected chi connectivity index (χ4v) is 2.70. The summed E-state index contributed by atoms with van der Waals surface area (Å²) in [7, 11) is 0. The first-order valence-corrected chi connectivity index (χ1v) is 8.16. The Labute approximate surface area is 151 Å². The van der Waals surface area contributed by atoms with E-state index in [1.165, 1.54) is 20.8 Å². The molecule has 1 aliphatic heterocycles. The van der Waals surface area contributed by atoms with Crippen LogP contribution < -0.4 is 4.74 Å². The molecule has 142 valence electrons. The molecule has 0 saturated carbocycles. The molecule has 1 aliphatic rings. The first-order chi connectivity index (χ1) is 12.3. The predicted molar refractivity (Wildman–Crippen MR) is 88.1 cm³/mol. The second-order valence-corrected chi connectivity index (χ2v) is 5.86. The van der Waals surface area contributed by atoms with Crippen molar-refractivity contribution < 1.29 is 38.1 Å². The highest BCUT2D eigenvalue weighted by Crippen LogP contribution is 2.30. The number of hydrogen-bond acceptors (Lipinski definition) is 8. The topological polar surface area (TPSA) is 97.4 Å². The Morgan fingerprint density at radius 1 is 0.808 bits per heavy atom. The summed E-state index contributed by atoms with van der Waals surface area (Å²) in [6, 6.07) is 8.77. The molecule has 1 aromatic carbocycles. The molecule has 1 fully saturated rings. The van der Waals surface area contributed by atoms with Gasteiger partial charge in [-0.25, -0.2) is 0 Å². The highest BCUT2D eigenvalue weighted by atomic mass is 16.7. The van der Waals surface area contributed by atoms with Crippen LogP contribution in [0.15, 0.2) is 30.3 Å². The Balaban J connectivity index is 2.33. The molecule has 2 rings (SSSR count). The molecule has 0 radical (unpaired) electrons. The zero-order chi connectivity index (χ0) is 19.3. The molecule has 0 unspecified atom stereocenters. The van der Waals surface area contributed by atoms with Crippen LogP contribution in [0.3, 0.4) is 0 Å². The molecule has 1 heterocycles. The van der Waals surface area contributed by atoms with E-state index < -0.39 is 48.6 Å². The van der Waals surface area contributed by atoms with E-state index in [0.717, 1.165) is 0 Å². The van der Waals surface area contributed by atoms with Crippen LogP contribution in [0, 0.1) is 0 Å². The van der Waals surface area contributed by atoms with E-state index in [1.807, 2.05) is 6.07 Å². The number of carbonyl (C=O) groups excluding carboxylic acids is 3. The highest BCUT2D eigenvalue weighted by Gasteiger charge is 2.51. The lowest BCUT2D eigenvalue weighted by Crippen LogP contribution is -2.62. The standard InChI is InChI=1S/C18H22O8/c1-10-15(23-11(2)19)16(24-12(3)20)17(25-13(4)21)18(22-10)26-14-8-6-5-7-9-14/h5-10,15-18H,1-4H3/t10-,15-,16+,17+,18-/m0/s1. The summed E-state index contributed by atoms with van der Waals surface area (Å²) >= 11 is 0. The van der Waals surface area contributed by atoms with E-state index in [2.05, 4.69) is 0 Å². The number of para-hydroxylation sites is 1. The van der Waals surface area contributed by atoms with Gasteiger partial charge in [-0.15, -0.1) is 0 Å². The Morgan fingerprint density at radius 2 is 1.31 bits per heavy atom. The summed E-state index contributed by atoms with van der Waals surface area (Å²) in [6.07, 6.45) is -4.84. The molecule has 8 heteroatoms. The highest BCUT2D eigenvalue weighted by molar-refractivity contribution is 5.68. The Bertz CT molecular complexity index is 644. The van der Waals surface area contributed by atoms with Gasteiger partial charge in [0.05, 0.1) is 6.10 Å². The van der Waals surface area contributed by atoms with Crippen molar-refractivity contribution in [3.63, 3.8) is 0 Å². The Hall–Kier alpha value is -2.61. The van der Waals surface area contributed by atoms with E-state index in [0.29, 0.717) is 5.75 Å². The molecule has 1 aromatic rings. The number of benzene rings is 1. The van der Waals surface area contributed by atoms with Gasteiger partial charge in [0.1, 0.15) is 5.75 Å². The van der Waals surface area contributed by atoms with Crippen LogP contribution in [0.4, 0.5) is 0 Å². The van der Waals surface area contributed by atoms with E-state index >= 15 is 0 Å². The van der Waals surface area contributed by atoms with Crippen LogP contribution >= 0.6 is 0 Å². The first-order valence-electron chi connectivity index (χ1n) is 8.16. The maximum atomic E-state index is 11.6. The van der Waals surface area contributed by atoms with Crippen molar-refractivity contribution in [2.75, 3.05) is 0 Å². The second-order valence-electron chi connectivity index (χ2n) is 5.86. The number of ether oxygens (including phenoxy) is 5. The largest absolute Gasteiger partial charge is 0.461 e. The number of carbonyl (C=O) groups is 3. The van der Waals surface area contributed by atoms with Gasteiger partial charge >= 0.3 is 17.9 Å². The fourth-order valence-electron chi connectivity index (χ4n) is 2.70. The van der Waals surface area contributed by atoms with E-state index in [1.54, 1.807) is 31.2 Å². The third-order valence-electron chi connectivity index (χ3n) is 3.63. The SMILES string of the molecule is CC(=O)O[C@@H]1[C@@H](OC(C)=O)[C@H](C)O[C@@H](Oc2ccccc2)[C@@H]1OC(C)=O. The molecule has 0 spiro atoms. The molecule has 0 bridgehead atoms. The van der Waals surface area contributed by atoms with Crippen molar-refractivity contribution in [2.24, 2.45) is 0 Å². The second kappa shape index (κ2) is 8.66. The molecule has 8 nitrogen and oxygen atoms in total. The van der Waals surface area contributed by atoms with Crippen LogP contribution in [0.1, 0.15) is 27.7 Å². The molecular weight excluding hydrogens is 344 g/mol. The minimum absolute atomic E-state index is 0.481. The third kappa shape index (κ3) is 5.19. The summed E-state index contributed by atoms with van der Waals surface area (Å²) in [5.41, 5.74) is 0. The van der Waals surface area contributed by atoms with Crippen LogP contribution in [-0.2, 0) is 33.3 Å². The zero-order valence-corrected chi connectivity index (χ0v) is 15.0. The number of hydrogen-bond donors (Lipinski definition) is 0. The summed E-state index contributed by atoms with van der Waals surface area (Å²) in [5.74, 6) is -1.33. The summed E-state index contributed by atoms with van der Waals surface area (Å²) < 4.78 is 27.4. The van der Waals surface area contributed by atoms with Crippen molar-refractivity contribution in [3.8, 4) is 5.75 Å². The van der Waals surface area contributed by atoms with E-state index in [9.17, 15) is 14.4 Å². The third-order valence-corrected chi connectivity index (χ3v) is 3.63. The van der Waals surface area contributed by atoms with Crippen molar-refractivity contribution in [1.29, 1.82) is 0 Å². The van der Waals surface area contributed by atoms with Crippen LogP contribution in [-0.4, -0.2) is 48.6 Å². The van der Waals surface area contributed by atoms with Crippen molar-refractivity contribution >= 4 is 17.9 Å². The zero-order valence-electron chi connectivity index (χ0n) is 15.0. The van der Waals surface area contributed by atoms with E-state index in [-0.39, 0.29) is 0 Å². The summed E-state index contributed by atoms with van der Waals surface area (Å²) in [5, 5.41) is 0. The maximum absolute atomic E-state index is 11.6. The van der Waals surface area contributed by atoms with Crippen LogP contribution in [0.25, 0.3) is 0 Å². The molecule has 26 heavy (non-hydrogen) atoms. The molecule has 1 saturated heterocycles. The smallest absolute Gasteiger partial charge is 0.303 e. The van der Waals surface area contributed by atoms with Gasteiger partial charge < -0.3 is 23.7 Å². The van der Waals surface area contributed by atoms with E-state index in [4.69, 9.17) is 23.7 Å². The lowest BCUT2D eigenvalue weighted by Gasteiger charge is -2.43. The molecule has 0 aliphatic carbocycles. The van der Waals surface area contributed by atoms with Gasteiger partial charge in [0, 0.05) is 20.8 Å². The lowest BCUT2D eigenvalue weighted by atomic mass is 9.99. The number of rotatable bonds is 5. The van der Waals surface area contributed by atoms with Gasteiger partial charge in [-0.1, -0.05) is 18.2 Å². The number of esters is 3. The molecule has 0 aromatic heterocycles. The van der Waals surface area contributed by atoms with Gasteiger partial charge in [-0.2, -0.15) is 0 Å². The molecule has 5 atom stereocenters. The van der Waals surface area contributed by atoms with Gasteiger partial charge in [0.2, 0.25) is 12.4 Å². The Morgan fingerprint density at radius 3 is 1.85 bits per heavy atom. The van der Waals surface area contributed by atoms with Crippen LogP contribution in [0.2, 0.25) is 0 Å². The van der Waals surface area contributed by atoms with Gasteiger partial charge in [-0.3, -0.25) is 14.4 Å². The average molecular weight is 366 g/mol. The minimum atomic E-state index is -1.11. The fraction of sp³-hybridized carbons (Fsp3) is 0.500. The predicted octanol–water partition coefficient (Wildman–Crippen LogP) is 1.61. The van der Waals surface area contributed by atoms with Gasteiger partial charge in [-0.05, 0) is 19.1 Å². The van der Waals surface area contributed by atoms with Crippen molar-refractivity contribution in [2.45, 2.75) is 58.4 Å². The summed E-state index contributed by atoms with van der Waals surface area (Å²) in [6.45, 7) is 5.30. The van der Waals surface area contributed by atoms with Crippen molar-refractivity contribution in [3.05, 3.63) is 30.3 Å². The quantitative estimate of drug-likeness (QED) is 0.573. The summed E-state index contributed by atoms with van der Waals surface area (Å²) in [4.78, 5) is 34.6. The van der Waals surface area contributed by atoms with Gasteiger partial charge in [0.15, 0.2) is 12.2 Å². The first kappa shape index (κ1) is 19.7. The molecule has 0 amide bonds.